The second-order valence-electron chi connectivity index (χ2n) is 5.47. The van der Waals surface area contributed by atoms with Crippen molar-refractivity contribution in [1.29, 1.82) is 0 Å². The Labute approximate surface area is 135 Å². The summed E-state index contributed by atoms with van der Waals surface area (Å²) in [6.45, 7) is 1.91. The van der Waals surface area contributed by atoms with Gasteiger partial charge in [0.1, 0.15) is 0 Å². The molecule has 1 aliphatic rings. The Bertz CT molecular complexity index is 641. The van der Waals surface area contributed by atoms with E-state index >= 15 is 0 Å². The van der Waals surface area contributed by atoms with E-state index in [1.807, 2.05) is 30.5 Å². The average Bonchev–Trinajstić information content (AvgIpc) is 2.81. The molecule has 6 heteroatoms. The van der Waals surface area contributed by atoms with Crippen LogP contribution >= 0.6 is 24.0 Å². The number of hydrogen-bond acceptors (Lipinski definition) is 2. The van der Waals surface area contributed by atoms with Gasteiger partial charge in [0.25, 0.3) is 0 Å². The number of nitrogens with one attached hydrogen (secondary N) is 1. The molecule has 1 saturated heterocycles. The zero-order valence-corrected chi connectivity index (χ0v) is 13.5. The number of halogens is 2. The van der Waals surface area contributed by atoms with E-state index in [2.05, 4.69) is 17.4 Å². The molecule has 2 heterocycles. The van der Waals surface area contributed by atoms with Crippen molar-refractivity contribution in [2.45, 2.75) is 12.8 Å². The van der Waals surface area contributed by atoms with Crippen molar-refractivity contribution >= 4 is 40.8 Å². The first-order chi connectivity index (χ1) is 9.63. The molecule has 1 amide bonds. The molecule has 0 saturated carbocycles. The summed E-state index contributed by atoms with van der Waals surface area (Å²) in [5.74, 6) is 0.155. The number of piperidine rings is 1. The van der Waals surface area contributed by atoms with Gasteiger partial charge in [-0.15, -0.1) is 12.4 Å². The van der Waals surface area contributed by atoms with Gasteiger partial charge in [-0.25, -0.2) is 0 Å². The number of nitrogens with zero attached hydrogens (tertiary/aromatic N) is 2. The molecule has 1 atom stereocenters. The lowest BCUT2D eigenvalue weighted by Gasteiger charge is -2.28. The van der Waals surface area contributed by atoms with Crippen LogP contribution in [0.25, 0.3) is 10.9 Å². The van der Waals surface area contributed by atoms with Gasteiger partial charge in [-0.3, -0.25) is 14.9 Å². The van der Waals surface area contributed by atoms with Crippen molar-refractivity contribution in [3.63, 3.8) is 0 Å². The fourth-order valence-corrected chi connectivity index (χ4v) is 2.98. The fraction of sp³-hybridized carbons (Fsp3) is 0.400. The highest BCUT2D eigenvalue weighted by Gasteiger charge is 2.24. The first-order valence-electron chi connectivity index (χ1n) is 6.89. The summed E-state index contributed by atoms with van der Waals surface area (Å²) in [5.41, 5.74) is 3.95. The third-order valence-electron chi connectivity index (χ3n) is 3.88. The molecule has 1 N–H and O–H groups in total. The second-order valence-corrected chi connectivity index (χ2v) is 5.90. The minimum atomic E-state index is 0. The van der Waals surface area contributed by atoms with Gasteiger partial charge < -0.3 is 4.90 Å². The molecule has 114 valence electrons. The molecule has 3 rings (SSSR count). The maximum atomic E-state index is 12.3. The van der Waals surface area contributed by atoms with E-state index in [0.717, 1.165) is 36.8 Å². The number of benzene rings is 1. The van der Waals surface area contributed by atoms with Gasteiger partial charge in [0.05, 0.1) is 11.4 Å². The van der Waals surface area contributed by atoms with Crippen LogP contribution in [0.2, 0.25) is 5.02 Å². The number of likely N-dealkylation sites (tertiary alicyclic amines) is 1. The van der Waals surface area contributed by atoms with Gasteiger partial charge in [-0.1, -0.05) is 11.6 Å². The van der Waals surface area contributed by atoms with Crippen LogP contribution in [-0.2, 0) is 4.79 Å². The Kier molecular flexibility index (Phi) is 5.14. The quantitative estimate of drug-likeness (QED) is 0.920. The minimum absolute atomic E-state index is 0. The molecular weight excluding hydrogens is 309 g/mol. The van der Waals surface area contributed by atoms with Crippen molar-refractivity contribution in [1.82, 2.24) is 9.58 Å². The van der Waals surface area contributed by atoms with Gasteiger partial charge >= 0.3 is 0 Å². The number of carbonyl (C=O) groups excluding carboxylic acids is 1. The van der Waals surface area contributed by atoms with Crippen LogP contribution in [0, 0.1) is 5.92 Å². The maximum Gasteiger partial charge on any atom is 0.243 e. The topological polar surface area (TPSA) is 37.3 Å². The Morgan fingerprint density at radius 1 is 1.38 bits per heavy atom. The lowest BCUT2D eigenvalue weighted by molar-refractivity contribution is -0.122. The normalized spacial score (nSPS) is 19.2. The number of carbonyl (C=O) groups is 1. The first kappa shape index (κ1) is 16.1. The van der Waals surface area contributed by atoms with E-state index < -0.39 is 0 Å². The summed E-state index contributed by atoms with van der Waals surface area (Å²) in [5, 5.41) is 1.73. The fourth-order valence-electron chi connectivity index (χ4n) is 2.80. The minimum Gasteiger partial charge on any atom is -0.306 e. The van der Waals surface area contributed by atoms with Crippen LogP contribution in [0.4, 0.5) is 0 Å². The number of rotatable bonds is 2. The smallest absolute Gasteiger partial charge is 0.243 e. The number of hydrogen-bond donors (Lipinski definition) is 1. The van der Waals surface area contributed by atoms with Crippen LogP contribution in [0.15, 0.2) is 30.5 Å². The summed E-state index contributed by atoms with van der Waals surface area (Å²) in [6.07, 6.45) is 3.91. The standard InChI is InChI=1S/C15H18ClN3O.ClH/c1-18-7-2-3-12(10-18)15(20)17-19-8-6-11-9-13(16)4-5-14(11)19;/h4-6,8-9,12H,2-3,7,10H2,1H3,(H,17,20);1H. The monoisotopic (exact) mass is 327 g/mol. The largest absolute Gasteiger partial charge is 0.306 e. The van der Waals surface area contributed by atoms with E-state index in [1.54, 1.807) is 4.68 Å². The third-order valence-corrected chi connectivity index (χ3v) is 4.11. The molecule has 0 bridgehead atoms. The maximum absolute atomic E-state index is 12.3. The van der Waals surface area contributed by atoms with Gasteiger partial charge in [-0.2, -0.15) is 0 Å². The molecule has 4 nitrogen and oxygen atoms in total. The van der Waals surface area contributed by atoms with Crippen molar-refractivity contribution in [3.8, 4) is 0 Å². The molecule has 1 unspecified atom stereocenters. The zero-order valence-electron chi connectivity index (χ0n) is 11.9. The van der Waals surface area contributed by atoms with Gasteiger partial charge in [-0.05, 0) is 50.7 Å². The molecule has 2 aromatic rings. The molecule has 0 aliphatic carbocycles. The van der Waals surface area contributed by atoms with E-state index in [9.17, 15) is 4.79 Å². The summed E-state index contributed by atoms with van der Waals surface area (Å²) in [4.78, 5) is 14.5. The van der Waals surface area contributed by atoms with E-state index in [1.165, 1.54) is 0 Å². The van der Waals surface area contributed by atoms with E-state index in [0.29, 0.717) is 5.02 Å². The first-order valence-corrected chi connectivity index (χ1v) is 7.27. The van der Waals surface area contributed by atoms with Crippen LogP contribution in [0.1, 0.15) is 12.8 Å². The van der Waals surface area contributed by atoms with Gasteiger partial charge in [0, 0.05) is 23.2 Å². The van der Waals surface area contributed by atoms with Crippen LogP contribution in [0.3, 0.4) is 0 Å². The average molecular weight is 328 g/mol. The summed E-state index contributed by atoms with van der Waals surface area (Å²) >= 11 is 5.97. The molecule has 1 aromatic carbocycles. The molecule has 1 aromatic heterocycles. The van der Waals surface area contributed by atoms with E-state index in [-0.39, 0.29) is 24.2 Å². The predicted octanol–water partition coefficient (Wildman–Crippen LogP) is 3.13. The SMILES string of the molecule is CN1CCCC(C(=O)Nn2ccc3cc(Cl)ccc32)C1.Cl. The van der Waals surface area contributed by atoms with Gasteiger partial charge in [0.2, 0.25) is 5.91 Å². The Hall–Kier alpha value is -1.23. The highest BCUT2D eigenvalue weighted by molar-refractivity contribution is 6.31. The molecule has 1 fully saturated rings. The lowest BCUT2D eigenvalue weighted by Crippen LogP contribution is -2.40. The predicted molar refractivity (Wildman–Crippen MR) is 88.8 cm³/mol. The van der Waals surface area contributed by atoms with Crippen molar-refractivity contribution in [2.24, 2.45) is 5.92 Å². The second kappa shape index (κ2) is 6.69. The summed E-state index contributed by atoms with van der Waals surface area (Å²) < 4.78 is 1.78. The Morgan fingerprint density at radius 2 is 2.19 bits per heavy atom. The van der Waals surface area contributed by atoms with E-state index in [4.69, 9.17) is 11.6 Å². The molecule has 0 radical (unpaired) electrons. The van der Waals surface area contributed by atoms with Crippen LogP contribution < -0.4 is 5.43 Å². The van der Waals surface area contributed by atoms with Gasteiger partial charge in [0.15, 0.2) is 0 Å². The number of aromatic nitrogens is 1. The molecule has 21 heavy (non-hydrogen) atoms. The van der Waals surface area contributed by atoms with Crippen molar-refractivity contribution in [2.75, 3.05) is 25.6 Å². The molecule has 1 aliphatic heterocycles. The Morgan fingerprint density at radius 3 is 2.95 bits per heavy atom. The summed E-state index contributed by atoms with van der Waals surface area (Å²) in [7, 11) is 2.06. The Balaban J connectivity index is 0.00000161. The highest BCUT2D eigenvalue weighted by Crippen LogP contribution is 2.20. The molecule has 0 spiro atoms. The van der Waals surface area contributed by atoms with Crippen LogP contribution in [0.5, 0.6) is 0 Å². The molecular formula is C15H19Cl2N3O. The van der Waals surface area contributed by atoms with Crippen LogP contribution in [-0.4, -0.2) is 35.6 Å². The highest BCUT2D eigenvalue weighted by atomic mass is 35.5. The van der Waals surface area contributed by atoms with Crippen molar-refractivity contribution in [3.05, 3.63) is 35.5 Å². The zero-order chi connectivity index (χ0) is 14.1. The lowest BCUT2D eigenvalue weighted by atomic mass is 9.98. The summed E-state index contributed by atoms with van der Waals surface area (Å²) in [6, 6.07) is 7.61. The van der Waals surface area contributed by atoms with Crippen molar-refractivity contribution < 1.29 is 4.79 Å². The number of fused-ring (bicyclic) bond motifs is 1. The third kappa shape index (κ3) is 3.51. The number of amides is 1.